The fourth-order valence-electron chi connectivity index (χ4n) is 3.18. The Bertz CT molecular complexity index is 732. The van der Waals surface area contributed by atoms with Crippen LogP contribution in [0.5, 0.6) is 5.75 Å². The maximum absolute atomic E-state index is 12.6. The van der Waals surface area contributed by atoms with Crippen molar-refractivity contribution in [1.82, 2.24) is 15.1 Å². The van der Waals surface area contributed by atoms with Gasteiger partial charge in [-0.3, -0.25) is 9.48 Å². The number of aryl methyl sites for hydroxylation is 1. The summed E-state index contributed by atoms with van der Waals surface area (Å²) in [6.07, 6.45) is 1.20. The maximum atomic E-state index is 12.6. The Kier molecular flexibility index (Phi) is 6.83. The highest BCUT2D eigenvalue weighted by Gasteiger charge is 2.18. The van der Waals surface area contributed by atoms with Crippen LogP contribution in [-0.4, -0.2) is 22.8 Å². The Hall–Kier alpha value is -2.30. The zero-order valence-electron chi connectivity index (χ0n) is 16.8. The highest BCUT2D eigenvalue weighted by Crippen LogP contribution is 2.21. The Morgan fingerprint density at radius 1 is 1.23 bits per heavy atom. The smallest absolute Gasteiger partial charge is 0.225 e. The summed E-state index contributed by atoms with van der Waals surface area (Å²) in [5, 5.41) is 7.76. The van der Waals surface area contributed by atoms with E-state index in [1.54, 1.807) is 7.11 Å². The molecule has 2 rings (SSSR count). The van der Waals surface area contributed by atoms with E-state index in [-0.39, 0.29) is 11.9 Å². The van der Waals surface area contributed by atoms with E-state index in [0.717, 1.165) is 41.2 Å². The van der Waals surface area contributed by atoms with Crippen LogP contribution < -0.4 is 10.1 Å². The first kappa shape index (κ1) is 20.0. The fraction of sp³-hybridized carbons (Fsp3) is 0.524. The normalized spacial score (nSPS) is 12.3. The van der Waals surface area contributed by atoms with Gasteiger partial charge >= 0.3 is 0 Å². The predicted molar refractivity (Wildman–Crippen MR) is 104 cm³/mol. The summed E-state index contributed by atoms with van der Waals surface area (Å²) in [4.78, 5) is 12.6. The van der Waals surface area contributed by atoms with Crippen LogP contribution in [0, 0.1) is 19.8 Å². The lowest BCUT2D eigenvalue weighted by Crippen LogP contribution is -2.29. The maximum Gasteiger partial charge on any atom is 0.225 e. The van der Waals surface area contributed by atoms with Crippen molar-refractivity contribution >= 4 is 5.91 Å². The number of nitrogens with one attached hydrogen (secondary N) is 1. The van der Waals surface area contributed by atoms with E-state index in [2.05, 4.69) is 31.2 Å². The molecule has 1 atom stereocenters. The van der Waals surface area contributed by atoms with E-state index in [0.29, 0.717) is 12.3 Å². The van der Waals surface area contributed by atoms with Gasteiger partial charge in [-0.1, -0.05) is 32.9 Å². The fourth-order valence-corrected chi connectivity index (χ4v) is 3.18. The number of amides is 1. The van der Waals surface area contributed by atoms with Gasteiger partial charge in [-0.25, -0.2) is 0 Å². The van der Waals surface area contributed by atoms with Gasteiger partial charge in [-0.2, -0.15) is 5.10 Å². The van der Waals surface area contributed by atoms with Crippen molar-refractivity contribution < 1.29 is 9.53 Å². The number of methoxy groups -OCH3 is 1. The first-order valence-electron chi connectivity index (χ1n) is 9.31. The molecular weight excluding hydrogens is 326 g/mol. The summed E-state index contributed by atoms with van der Waals surface area (Å²) in [6.45, 7) is 11.3. The van der Waals surface area contributed by atoms with Crippen molar-refractivity contribution in [3.05, 3.63) is 46.8 Å². The molecular formula is C21H31N3O2. The zero-order chi connectivity index (χ0) is 19.3. The molecule has 1 amide bonds. The number of rotatable bonds is 8. The molecule has 0 aliphatic carbocycles. The number of hydrogen-bond acceptors (Lipinski definition) is 3. The second kappa shape index (κ2) is 8.88. The van der Waals surface area contributed by atoms with Gasteiger partial charge in [-0.05, 0) is 43.9 Å². The van der Waals surface area contributed by atoms with Gasteiger partial charge in [0.05, 0.1) is 25.3 Å². The molecule has 5 heteroatoms. The van der Waals surface area contributed by atoms with Gasteiger partial charge < -0.3 is 10.1 Å². The highest BCUT2D eigenvalue weighted by atomic mass is 16.5. The summed E-state index contributed by atoms with van der Waals surface area (Å²) >= 11 is 0. The summed E-state index contributed by atoms with van der Waals surface area (Å²) in [6, 6.07) is 7.86. The van der Waals surface area contributed by atoms with Gasteiger partial charge in [0.25, 0.3) is 0 Å². The summed E-state index contributed by atoms with van der Waals surface area (Å²) < 4.78 is 7.22. The summed E-state index contributed by atoms with van der Waals surface area (Å²) in [5.41, 5.74) is 4.15. The van der Waals surface area contributed by atoms with Crippen molar-refractivity contribution in [3.63, 3.8) is 0 Å². The first-order valence-corrected chi connectivity index (χ1v) is 9.31. The number of carbonyl (C=O) groups is 1. The molecule has 2 aromatic rings. The molecule has 142 valence electrons. The molecule has 0 spiro atoms. The molecule has 0 aliphatic heterocycles. The molecule has 0 fully saturated rings. The van der Waals surface area contributed by atoms with E-state index in [9.17, 15) is 4.79 Å². The average Bonchev–Trinajstić information content (AvgIpc) is 2.86. The van der Waals surface area contributed by atoms with Crippen molar-refractivity contribution in [2.45, 2.75) is 60.0 Å². The first-order chi connectivity index (χ1) is 12.3. The molecule has 0 saturated carbocycles. The number of benzene rings is 1. The van der Waals surface area contributed by atoms with Gasteiger partial charge in [0.1, 0.15) is 5.75 Å². The summed E-state index contributed by atoms with van der Waals surface area (Å²) in [5.74, 6) is 1.37. The van der Waals surface area contributed by atoms with Crippen LogP contribution in [0.4, 0.5) is 0 Å². The third kappa shape index (κ3) is 4.87. The Labute approximate surface area is 156 Å². The largest absolute Gasteiger partial charge is 0.497 e. The van der Waals surface area contributed by atoms with Crippen LogP contribution in [0.2, 0.25) is 0 Å². The molecule has 5 nitrogen and oxygen atoms in total. The Balaban J connectivity index is 2.08. The zero-order valence-corrected chi connectivity index (χ0v) is 16.8. The van der Waals surface area contributed by atoms with Crippen LogP contribution in [0.1, 0.15) is 55.7 Å². The molecule has 0 aliphatic rings. The monoisotopic (exact) mass is 357 g/mol. The van der Waals surface area contributed by atoms with Crippen molar-refractivity contribution in [3.8, 4) is 5.75 Å². The summed E-state index contributed by atoms with van der Waals surface area (Å²) in [7, 11) is 1.65. The second-order valence-corrected chi connectivity index (χ2v) is 7.20. The number of aromatic nitrogens is 2. The van der Waals surface area contributed by atoms with Gasteiger partial charge in [0, 0.05) is 17.8 Å². The molecule has 0 radical (unpaired) electrons. The third-order valence-corrected chi connectivity index (χ3v) is 4.67. The third-order valence-electron chi connectivity index (χ3n) is 4.67. The number of hydrogen-bond donors (Lipinski definition) is 1. The van der Waals surface area contributed by atoms with Gasteiger partial charge in [0.15, 0.2) is 0 Å². The van der Waals surface area contributed by atoms with Gasteiger partial charge in [-0.15, -0.1) is 0 Å². The molecule has 1 heterocycles. The molecule has 1 aromatic carbocycles. The molecule has 0 saturated heterocycles. The second-order valence-electron chi connectivity index (χ2n) is 7.20. The van der Waals surface area contributed by atoms with Crippen molar-refractivity contribution in [2.24, 2.45) is 5.92 Å². The van der Waals surface area contributed by atoms with Crippen LogP contribution in [0.25, 0.3) is 0 Å². The minimum atomic E-state index is -0.000253. The lowest BCUT2D eigenvalue weighted by molar-refractivity contribution is -0.121. The molecule has 1 unspecified atom stereocenters. The van der Waals surface area contributed by atoms with E-state index >= 15 is 0 Å². The molecule has 1 aromatic heterocycles. The van der Waals surface area contributed by atoms with E-state index in [1.165, 1.54) is 0 Å². The Morgan fingerprint density at radius 3 is 2.42 bits per heavy atom. The molecule has 1 N–H and O–H groups in total. The predicted octanol–water partition coefficient (Wildman–Crippen LogP) is 3.97. The van der Waals surface area contributed by atoms with Crippen LogP contribution in [-0.2, 0) is 17.8 Å². The average molecular weight is 357 g/mol. The molecule has 0 bridgehead atoms. The highest BCUT2D eigenvalue weighted by molar-refractivity contribution is 5.79. The van der Waals surface area contributed by atoms with Crippen molar-refractivity contribution in [1.29, 1.82) is 0 Å². The minimum Gasteiger partial charge on any atom is -0.497 e. The van der Waals surface area contributed by atoms with Crippen LogP contribution in [0.15, 0.2) is 24.3 Å². The number of ether oxygens (including phenoxy) is 1. The van der Waals surface area contributed by atoms with E-state index in [1.807, 2.05) is 42.8 Å². The lowest BCUT2D eigenvalue weighted by atomic mass is 10.0. The van der Waals surface area contributed by atoms with E-state index in [4.69, 9.17) is 4.74 Å². The number of carbonyl (C=O) groups excluding carboxylic acids is 1. The SMILES string of the molecule is CCC(NC(=O)Cc1c(C)nn(CC(C)C)c1C)c1ccc(OC)cc1. The standard InChI is InChI=1S/C21H31N3O2/c1-7-20(17-8-10-18(26-6)11-9-17)22-21(25)12-19-15(4)23-24(16(19)5)13-14(2)3/h8-11,14,20H,7,12-13H2,1-6H3,(H,22,25). The topological polar surface area (TPSA) is 56.2 Å². The lowest BCUT2D eigenvalue weighted by Gasteiger charge is -2.18. The minimum absolute atomic E-state index is 0.000253. The van der Waals surface area contributed by atoms with Crippen LogP contribution in [0.3, 0.4) is 0 Å². The van der Waals surface area contributed by atoms with Crippen LogP contribution >= 0.6 is 0 Å². The Morgan fingerprint density at radius 2 is 1.88 bits per heavy atom. The quantitative estimate of drug-likeness (QED) is 0.777. The van der Waals surface area contributed by atoms with Gasteiger partial charge in [0.2, 0.25) is 5.91 Å². The number of nitrogens with zero attached hydrogens (tertiary/aromatic N) is 2. The molecule has 26 heavy (non-hydrogen) atoms. The van der Waals surface area contributed by atoms with E-state index < -0.39 is 0 Å². The van der Waals surface area contributed by atoms with Crippen molar-refractivity contribution in [2.75, 3.05) is 7.11 Å².